The summed E-state index contributed by atoms with van der Waals surface area (Å²) < 4.78 is 7.12. The molecule has 32 heavy (non-hydrogen) atoms. The Balaban J connectivity index is 1.71. The number of hydrogen-bond donors (Lipinski definition) is 1. The van der Waals surface area contributed by atoms with E-state index >= 15 is 0 Å². The zero-order valence-corrected chi connectivity index (χ0v) is 19.8. The van der Waals surface area contributed by atoms with Crippen LogP contribution in [0.1, 0.15) is 31.9 Å². The average molecular weight is 454 g/mol. The number of pyridine rings is 1. The van der Waals surface area contributed by atoms with E-state index in [1.165, 1.54) is 0 Å². The highest BCUT2D eigenvalue weighted by molar-refractivity contribution is 6.31. The number of anilines is 1. The first-order chi connectivity index (χ1) is 15.0. The molecule has 1 saturated heterocycles. The smallest absolute Gasteiger partial charge is 0.410 e. The van der Waals surface area contributed by atoms with Crippen molar-refractivity contribution in [3.8, 4) is 0 Å². The molecule has 2 aromatic carbocycles. The second kappa shape index (κ2) is 7.85. The monoisotopic (exact) mass is 453 g/mol. The Hall–Kier alpha value is -2.99. The van der Waals surface area contributed by atoms with Gasteiger partial charge in [-0.3, -0.25) is 4.79 Å². The number of amides is 1. The van der Waals surface area contributed by atoms with Gasteiger partial charge in [0.15, 0.2) is 0 Å². The fourth-order valence-electron chi connectivity index (χ4n) is 4.19. The first-order valence-electron chi connectivity index (χ1n) is 10.6. The molecule has 0 unspecified atom stereocenters. The topological polar surface area (TPSA) is 63.6 Å². The normalized spacial score (nSPS) is 15.4. The number of ether oxygens (including phenoxy) is 1. The number of nitrogens with one attached hydrogen (secondary N) is 1. The van der Waals surface area contributed by atoms with Gasteiger partial charge in [-0.15, -0.1) is 0 Å². The lowest BCUT2D eigenvalue weighted by atomic mass is 9.80. The predicted octanol–water partition coefficient (Wildman–Crippen LogP) is 5.06. The fourth-order valence-corrected chi connectivity index (χ4v) is 4.37. The van der Waals surface area contributed by atoms with Crippen LogP contribution in [0, 0.1) is 6.92 Å². The third-order valence-electron chi connectivity index (χ3n) is 5.82. The third-order valence-corrected chi connectivity index (χ3v) is 6.23. The molecule has 6 nitrogen and oxygen atoms in total. The minimum Gasteiger partial charge on any atom is -0.444 e. The second-order valence-corrected chi connectivity index (χ2v) is 9.90. The molecule has 0 aliphatic carbocycles. The number of aromatic nitrogens is 1. The largest absolute Gasteiger partial charge is 0.444 e. The zero-order chi connectivity index (χ0) is 23.3. The van der Waals surface area contributed by atoms with Gasteiger partial charge < -0.3 is 19.5 Å². The van der Waals surface area contributed by atoms with E-state index < -0.39 is 11.1 Å². The van der Waals surface area contributed by atoms with Gasteiger partial charge in [0.2, 0.25) is 0 Å². The van der Waals surface area contributed by atoms with Crippen molar-refractivity contribution in [1.29, 1.82) is 0 Å². The van der Waals surface area contributed by atoms with Crippen molar-refractivity contribution in [1.82, 2.24) is 9.47 Å². The van der Waals surface area contributed by atoms with Gasteiger partial charge in [-0.25, -0.2) is 4.79 Å². The molecular formula is C25H28ClN3O3. The highest BCUT2D eigenvalue weighted by atomic mass is 35.5. The summed E-state index contributed by atoms with van der Waals surface area (Å²) in [7, 11) is 1.74. The molecule has 1 fully saturated rings. The molecule has 3 aromatic rings. The molecule has 0 saturated carbocycles. The van der Waals surface area contributed by atoms with Crippen LogP contribution >= 0.6 is 11.6 Å². The van der Waals surface area contributed by atoms with Crippen LogP contribution in [0.15, 0.2) is 53.5 Å². The molecule has 2 heterocycles. The minimum atomic E-state index is -0.562. The summed E-state index contributed by atoms with van der Waals surface area (Å²) in [4.78, 5) is 26.9. The number of nitrogens with zero attached hydrogens (tertiary/aromatic N) is 2. The number of carbonyl (C=O) groups excluding carboxylic acids is 1. The molecule has 0 bridgehead atoms. The molecule has 1 aliphatic rings. The van der Waals surface area contributed by atoms with Crippen molar-refractivity contribution in [3.05, 3.63) is 75.2 Å². The van der Waals surface area contributed by atoms with Crippen LogP contribution in [0.3, 0.4) is 0 Å². The summed E-state index contributed by atoms with van der Waals surface area (Å²) in [6.07, 6.45) is 1.42. The van der Waals surface area contributed by atoms with Crippen molar-refractivity contribution < 1.29 is 9.53 Å². The van der Waals surface area contributed by atoms with E-state index in [0.29, 0.717) is 23.5 Å². The molecular weight excluding hydrogens is 426 g/mol. The molecule has 0 atom stereocenters. The molecule has 4 rings (SSSR count). The predicted molar refractivity (Wildman–Crippen MR) is 128 cm³/mol. The molecule has 1 N–H and O–H groups in total. The molecule has 0 radical (unpaired) electrons. The third kappa shape index (κ3) is 4.07. The average Bonchev–Trinajstić information content (AvgIpc) is 2.68. The quantitative estimate of drug-likeness (QED) is 0.602. The Morgan fingerprint density at radius 2 is 1.88 bits per heavy atom. The second-order valence-electron chi connectivity index (χ2n) is 9.49. The number of hydrogen-bond acceptors (Lipinski definition) is 4. The molecule has 168 valence electrons. The van der Waals surface area contributed by atoms with Crippen molar-refractivity contribution in [2.75, 3.05) is 18.4 Å². The molecule has 7 heteroatoms. The van der Waals surface area contributed by atoms with E-state index in [9.17, 15) is 9.59 Å². The van der Waals surface area contributed by atoms with Crippen LogP contribution in [0.5, 0.6) is 0 Å². The Kier molecular flexibility index (Phi) is 5.45. The number of aryl methyl sites for hydroxylation is 1. The van der Waals surface area contributed by atoms with Crippen molar-refractivity contribution in [2.24, 2.45) is 7.05 Å². The first-order valence-corrected chi connectivity index (χ1v) is 11.0. The van der Waals surface area contributed by atoms with Crippen LogP contribution < -0.4 is 10.9 Å². The summed E-state index contributed by atoms with van der Waals surface area (Å²) in [5, 5.41) is 5.80. The number of fused-ring (bicyclic) bond motifs is 1. The van der Waals surface area contributed by atoms with Gasteiger partial charge in [-0.2, -0.15) is 0 Å². The maximum Gasteiger partial charge on any atom is 0.410 e. The Labute approximate surface area is 192 Å². The molecule has 0 spiro atoms. The number of benzene rings is 2. The molecule has 1 aliphatic heterocycles. The van der Waals surface area contributed by atoms with Crippen LogP contribution in [0.4, 0.5) is 10.5 Å². The Morgan fingerprint density at radius 1 is 1.16 bits per heavy atom. The zero-order valence-electron chi connectivity index (χ0n) is 19.0. The fraction of sp³-hybridized carbons (Fsp3) is 0.360. The lowest BCUT2D eigenvalue weighted by Crippen LogP contribution is -2.65. The van der Waals surface area contributed by atoms with Gasteiger partial charge in [0.25, 0.3) is 5.56 Å². The lowest BCUT2D eigenvalue weighted by molar-refractivity contribution is -0.00490. The van der Waals surface area contributed by atoms with E-state index in [2.05, 4.69) is 5.32 Å². The van der Waals surface area contributed by atoms with Crippen molar-refractivity contribution in [3.63, 3.8) is 0 Å². The van der Waals surface area contributed by atoms with E-state index in [1.807, 2.05) is 70.2 Å². The summed E-state index contributed by atoms with van der Waals surface area (Å²) in [5.74, 6) is 0. The molecule has 1 amide bonds. The van der Waals surface area contributed by atoms with Crippen molar-refractivity contribution >= 4 is 34.2 Å². The number of rotatable bonds is 3. The highest BCUT2D eigenvalue weighted by Gasteiger charge is 2.48. The van der Waals surface area contributed by atoms with Gasteiger partial charge in [-0.1, -0.05) is 29.8 Å². The number of halogens is 1. The van der Waals surface area contributed by atoms with E-state index in [0.717, 1.165) is 22.2 Å². The van der Waals surface area contributed by atoms with E-state index in [1.54, 1.807) is 22.7 Å². The highest BCUT2D eigenvalue weighted by Crippen LogP contribution is 2.40. The van der Waals surface area contributed by atoms with E-state index in [4.69, 9.17) is 16.3 Å². The number of likely N-dealkylation sites (tertiary alicyclic amines) is 1. The van der Waals surface area contributed by atoms with E-state index in [-0.39, 0.29) is 11.7 Å². The maximum absolute atomic E-state index is 12.6. The number of carbonyl (C=O) groups is 1. The summed E-state index contributed by atoms with van der Waals surface area (Å²) in [6, 6.07) is 13.5. The van der Waals surface area contributed by atoms with Crippen LogP contribution in [-0.2, 0) is 17.3 Å². The van der Waals surface area contributed by atoms with Gasteiger partial charge >= 0.3 is 6.09 Å². The maximum atomic E-state index is 12.6. The Bertz CT molecular complexity index is 1250. The van der Waals surface area contributed by atoms with Gasteiger partial charge in [-0.05, 0) is 68.5 Å². The van der Waals surface area contributed by atoms with Gasteiger partial charge in [0.1, 0.15) is 5.60 Å². The standard InChI is InChI=1S/C25H28ClN3O3/c1-16-20(7-6-8-21(16)26)25(14-29(15-25)23(31)32-24(2,3)4)27-18-10-9-17-11-12-28(5)22(30)19(17)13-18/h6-13,27H,14-15H2,1-5H3. The summed E-state index contributed by atoms with van der Waals surface area (Å²) in [5.41, 5.74) is 1.63. The van der Waals surface area contributed by atoms with Crippen LogP contribution in [0.2, 0.25) is 5.02 Å². The first kappa shape index (κ1) is 22.2. The summed E-state index contributed by atoms with van der Waals surface area (Å²) >= 11 is 6.43. The van der Waals surface area contributed by atoms with Gasteiger partial charge in [0, 0.05) is 29.3 Å². The Morgan fingerprint density at radius 3 is 2.56 bits per heavy atom. The molecule has 1 aromatic heterocycles. The van der Waals surface area contributed by atoms with Crippen molar-refractivity contribution in [2.45, 2.75) is 38.8 Å². The summed E-state index contributed by atoms with van der Waals surface area (Å²) in [6.45, 7) is 8.39. The van der Waals surface area contributed by atoms with Gasteiger partial charge in [0.05, 0.1) is 18.6 Å². The van der Waals surface area contributed by atoms with Crippen LogP contribution in [-0.4, -0.2) is 34.3 Å². The minimum absolute atomic E-state index is 0.0527. The van der Waals surface area contributed by atoms with Crippen LogP contribution in [0.25, 0.3) is 10.8 Å². The SMILES string of the molecule is Cc1c(Cl)cccc1C1(Nc2ccc3ccn(C)c(=O)c3c2)CN(C(=O)OC(C)(C)C)C1. The lowest BCUT2D eigenvalue weighted by Gasteiger charge is -2.51.